The van der Waals surface area contributed by atoms with E-state index in [4.69, 9.17) is 5.26 Å². The number of carbonyl (C=O) groups excluding carboxylic acids is 3. The molecule has 0 aromatic heterocycles. The number of anilines is 1. The maximum atomic E-state index is 13.3. The van der Waals surface area contributed by atoms with Crippen LogP contribution in [0.3, 0.4) is 0 Å². The molecule has 1 aromatic carbocycles. The number of nitriles is 1. The van der Waals surface area contributed by atoms with Gasteiger partial charge in [-0.3, -0.25) is 9.59 Å². The number of hydrogen-bond acceptors (Lipinski definition) is 4. The predicted molar refractivity (Wildman–Crippen MR) is 133 cm³/mol. The van der Waals surface area contributed by atoms with E-state index >= 15 is 0 Å². The molecule has 0 saturated carbocycles. The number of benzene rings is 1. The maximum Gasteiger partial charge on any atom is 0.319 e. The fourth-order valence-corrected chi connectivity index (χ4v) is 4.24. The molecule has 1 saturated heterocycles. The Balaban J connectivity index is 1.90. The maximum absolute atomic E-state index is 13.3. The second-order valence-electron chi connectivity index (χ2n) is 9.40. The third kappa shape index (κ3) is 8.05. The van der Waals surface area contributed by atoms with Gasteiger partial charge in [-0.1, -0.05) is 52.5 Å². The lowest BCUT2D eigenvalue weighted by atomic mass is 10.0. The van der Waals surface area contributed by atoms with Gasteiger partial charge in [-0.25, -0.2) is 4.79 Å². The summed E-state index contributed by atoms with van der Waals surface area (Å²) < 4.78 is 0. The van der Waals surface area contributed by atoms with E-state index in [0.717, 1.165) is 12.8 Å². The van der Waals surface area contributed by atoms with Crippen molar-refractivity contribution in [2.24, 2.45) is 5.92 Å². The zero-order valence-corrected chi connectivity index (χ0v) is 21.0. The molecule has 0 bridgehead atoms. The third-order valence-corrected chi connectivity index (χ3v) is 6.22. The Bertz CT molecular complexity index is 879. The molecule has 1 fully saturated rings. The van der Waals surface area contributed by atoms with Gasteiger partial charge in [0.15, 0.2) is 0 Å². The second-order valence-corrected chi connectivity index (χ2v) is 9.40. The second kappa shape index (κ2) is 13.6. The van der Waals surface area contributed by atoms with E-state index in [1.54, 1.807) is 29.2 Å². The fraction of sp³-hybridized carbons (Fsp3) is 0.615. The van der Waals surface area contributed by atoms with Crippen LogP contribution in [0.25, 0.3) is 0 Å². The molecule has 8 nitrogen and oxygen atoms in total. The van der Waals surface area contributed by atoms with Gasteiger partial charge >= 0.3 is 6.03 Å². The largest absolute Gasteiger partial charge is 0.337 e. The first kappa shape index (κ1) is 27.2. The van der Waals surface area contributed by atoms with Crippen LogP contribution in [-0.2, 0) is 9.59 Å². The normalized spacial score (nSPS) is 16.6. The summed E-state index contributed by atoms with van der Waals surface area (Å²) in [5.74, 6) is -0.0927. The number of nitrogens with zero attached hydrogens (tertiary/aromatic N) is 3. The quantitative estimate of drug-likeness (QED) is 0.503. The number of rotatable bonds is 10. The Morgan fingerprint density at radius 2 is 1.88 bits per heavy atom. The van der Waals surface area contributed by atoms with Crippen LogP contribution in [-0.4, -0.2) is 59.4 Å². The van der Waals surface area contributed by atoms with E-state index in [-0.39, 0.29) is 23.8 Å². The van der Waals surface area contributed by atoms with Crippen molar-refractivity contribution in [3.05, 3.63) is 29.8 Å². The van der Waals surface area contributed by atoms with Crippen molar-refractivity contribution < 1.29 is 14.4 Å². The summed E-state index contributed by atoms with van der Waals surface area (Å²) in [6, 6.07) is 7.40. The summed E-state index contributed by atoms with van der Waals surface area (Å²) in [5.41, 5.74) is 0.929. The summed E-state index contributed by atoms with van der Waals surface area (Å²) in [5, 5.41) is 14.5. The lowest BCUT2D eigenvalue weighted by Crippen LogP contribution is -2.60. The Morgan fingerprint density at radius 3 is 2.53 bits per heavy atom. The van der Waals surface area contributed by atoms with Gasteiger partial charge in [-0.2, -0.15) is 5.26 Å². The van der Waals surface area contributed by atoms with Gasteiger partial charge < -0.3 is 20.4 Å². The standard InChI is InChI=1S/C26H39N5O3/c1-5-6-7-8-9-13-23(32)31-15-14-30(18-20(31)4)25(33)24(19(2)3)29-26(34)28-22-12-10-11-21(16-22)17-27/h10-12,16,19-20,24H,5-9,13-15,18H2,1-4H3,(H2,28,29,34). The highest BCUT2D eigenvalue weighted by Crippen LogP contribution is 2.17. The molecule has 2 rings (SSSR count). The summed E-state index contributed by atoms with van der Waals surface area (Å²) >= 11 is 0. The molecule has 0 spiro atoms. The Labute approximate surface area is 203 Å². The minimum absolute atomic E-state index is 0.0591. The van der Waals surface area contributed by atoms with Crippen molar-refractivity contribution in [2.45, 2.75) is 78.3 Å². The minimum Gasteiger partial charge on any atom is -0.337 e. The number of hydrogen-bond donors (Lipinski definition) is 2. The van der Waals surface area contributed by atoms with Gasteiger partial charge in [-0.05, 0) is 37.5 Å². The molecule has 1 aromatic rings. The lowest BCUT2D eigenvalue weighted by molar-refractivity contribution is -0.144. The number of unbranched alkanes of at least 4 members (excludes halogenated alkanes) is 4. The van der Waals surface area contributed by atoms with Gasteiger partial charge in [0.1, 0.15) is 6.04 Å². The molecule has 1 heterocycles. The minimum atomic E-state index is -0.688. The smallest absolute Gasteiger partial charge is 0.319 e. The van der Waals surface area contributed by atoms with Crippen LogP contribution in [0.2, 0.25) is 0 Å². The van der Waals surface area contributed by atoms with Gasteiger partial charge in [0.25, 0.3) is 0 Å². The van der Waals surface area contributed by atoms with Crippen LogP contribution in [0.5, 0.6) is 0 Å². The van der Waals surface area contributed by atoms with Gasteiger partial charge in [0.2, 0.25) is 11.8 Å². The first-order chi connectivity index (χ1) is 16.3. The summed E-state index contributed by atoms with van der Waals surface area (Å²) in [4.78, 5) is 42.1. The van der Waals surface area contributed by atoms with Crippen molar-refractivity contribution in [3.8, 4) is 6.07 Å². The number of nitrogens with one attached hydrogen (secondary N) is 2. The first-order valence-corrected chi connectivity index (χ1v) is 12.4. The predicted octanol–water partition coefficient (Wildman–Crippen LogP) is 4.12. The Kier molecular flexibility index (Phi) is 10.9. The van der Waals surface area contributed by atoms with E-state index in [1.165, 1.54) is 19.3 Å². The average molecular weight is 470 g/mol. The number of amides is 4. The average Bonchev–Trinajstić information content (AvgIpc) is 2.81. The van der Waals surface area contributed by atoms with Crippen molar-refractivity contribution in [1.29, 1.82) is 5.26 Å². The highest BCUT2D eigenvalue weighted by atomic mass is 16.2. The highest BCUT2D eigenvalue weighted by molar-refractivity contribution is 5.94. The van der Waals surface area contributed by atoms with E-state index in [1.807, 2.05) is 31.7 Å². The summed E-state index contributed by atoms with van der Waals surface area (Å²) in [7, 11) is 0. The van der Waals surface area contributed by atoms with Gasteiger partial charge in [-0.15, -0.1) is 0 Å². The molecule has 0 radical (unpaired) electrons. The molecule has 2 atom stereocenters. The summed E-state index contributed by atoms with van der Waals surface area (Å²) in [6.07, 6.45) is 6.12. The molecule has 1 aliphatic heterocycles. The van der Waals surface area contributed by atoms with Gasteiger partial charge in [0.05, 0.1) is 11.6 Å². The number of urea groups is 1. The molecule has 2 unspecified atom stereocenters. The number of carbonyl (C=O) groups is 3. The first-order valence-electron chi connectivity index (χ1n) is 12.4. The Morgan fingerprint density at radius 1 is 1.15 bits per heavy atom. The molecule has 186 valence electrons. The Hall–Kier alpha value is -3.08. The van der Waals surface area contributed by atoms with Crippen LogP contribution in [0.1, 0.15) is 71.8 Å². The van der Waals surface area contributed by atoms with Crippen molar-refractivity contribution >= 4 is 23.5 Å². The van der Waals surface area contributed by atoms with Crippen molar-refractivity contribution in [1.82, 2.24) is 15.1 Å². The molecule has 0 aliphatic carbocycles. The van der Waals surface area contributed by atoms with Crippen molar-refractivity contribution in [3.63, 3.8) is 0 Å². The van der Waals surface area contributed by atoms with E-state index < -0.39 is 12.1 Å². The van der Waals surface area contributed by atoms with E-state index in [0.29, 0.717) is 37.3 Å². The van der Waals surface area contributed by atoms with Crippen LogP contribution in [0.4, 0.5) is 10.5 Å². The molecular formula is C26H39N5O3. The third-order valence-electron chi connectivity index (χ3n) is 6.22. The summed E-state index contributed by atoms with van der Waals surface area (Å²) in [6.45, 7) is 9.36. The topological polar surface area (TPSA) is 106 Å². The molecule has 34 heavy (non-hydrogen) atoms. The molecule has 1 aliphatic rings. The zero-order valence-electron chi connectivity index (χ0n) is 21.0. The molecule has 8 heteroatoms. The van der Waals surface area contributed by atoms with Gasteiger partial charge in [0, 0.05) is 37.8 Å². The van der Waals surface area contributed by atoms with Crippen LogP contribution < -0.4 is 10.6 Å². The monoisotopic (exact) mass is 469 g/mol. The van der Waals surface area contributed by atoms with Crippen LogP contribution in [0.15, 0.2) is 24.3 Å². The van der Waals surface area contributed by atoms with Crippen LogP contribution in [0, 0.1) is 17.2 Å². The fourth-order valence-electron chi connectivity index (χ4n) is 4.24. The van der Waals surface area contributed by atoms with E-state index in [9.17, 15) is 14.4 Å². The SMILES string of the molecule is CCCCCCCC(=O)N1CCN(C(=O)C(NC(=O)Nc2cccc(C#N)c2)C(C)C)CC1C. The van der Waals surface area contributed by atoms with Crippen molar-refractivity contribution in [2.75, 3.05) is 25.0 Å². The zero-order chi connectivity index (χ0) is 25.1. The van der Waals surface area contributed by atoms with Crippen LogP contribution >= 0.6 is 0 Å². The number of piperazine rings is 1. The molecular weight excluding hydrogens is 430 g/mol. The highest BCUT2D eigenvalue weighted by Gasteiger charge is 2.34. The van der Waals surface area contributed by atoms with E-state index in [2.05, 4.69) is 17.6 Å². The molecule has 4 amide bonds. The lowest BCUT2D eigenvalue weighted by Gasteiger charge is -2.41. The molecule has 2 N–H and O–H groups in total.